The van der Waals surface area contributed by atoms with Gasteiger partial charge in [-0.05, 0) is 97.0 Å². The third kappa shape index (κ3) is 5.00. The van der Waals surface area contributed by atoms with Crippen LogP contribution in [-0.4, -0.2) is 33.6 Å². The molecule has 2 aromatic carbocycles. The smallest absolute Gasteiger partial charge is 0.411 e. The van der Waals surface area contributed by atoms with Crippen molar-refractivity contribution >= 4 is 22.9 Å². The number of hydrogen-bond acceptors (Lipinski definition) is 6. The van der Waals surface area contributed by atoms with Gasteiger partial charge in [-0.15, -0.1) is 0 Å². The third-order valence-electron chi connectivity index (χ3n) is 8.48. The van der Waals surface area contributed by atoms with Crippen LogP contribution in [0.5, 0.6) is 17.5 Å². The number of nitriles is 1. The van der Waals surface area contributed by atoms with Gasteiger partial charge >= 0.3 is 6.09 Å². The summed E-state index contributed by atoms with van der Waals surface area (Å²) in [5, 5.41) is 32.8. The molecule has 1 amide bonds. The van der Waals surface area contributed by atoms with Gasteiger partial charge in [-0.25, -0.2) is 4.79 Å². The van der Waals surface area contributed by atoms with Gasteiger partial charge in [0, 0.05) is 23.7 Å². The topological polar surface area (TPSA) is 117 Å². The van der Waals surface area contributed by atoms with E-state index in [2.05, 4.69) is 11.4 Å². The lowest BCUT2D eigenvalue weighted by molar-refractivity contribution is 0.108. The van der Waals surface area contributed by atoms with Crippen LogP contribution in [0.25, 0.3) is 11.1 Å². The fourth-order valence-electron chi connectivity index (χ4n) is 5.92. The number of rotatable bonds is 9. The zero-order valence-electron chi connectivity index (χ0n) is 22.5. The van der Waals surface area contributed by atoms with Crippen LogP contribution in [0.4, 0.5) is 10.5 Å². The van der Waals surface area contributed by atoms with Crippen LogP contribution in [0.15, 0.2) is 54.6 Å². The molecule has 6 rings (SSSR count). The minimum absolute atomic E-state index is 0.0152. The van der Waals surface area contributed by atoms with Crippen LogP contribution < -0.4 is 10.1 Å². The molecular weight excluding hydrogens is 506 g/mol. The number of benzene rings is 2. The number of ether oxygens (including phenoxy) is 2. The number of hydrogen-bond donors (Lipinski definition) is 3. The van der Waals surface area contributed by atoms with Crippen molar-refractivity contribution < 1.29 is 24.5 Å². The summed E-state index contributed by atoms with van der Waals surface area (Å²) in [5.74, 6) is 1.66. The molecule has 8 heteroatoms. The van der Waals surface area contributed by atoms with Crippen LogP contribution in [0, 0.1) is 23.2 Å². The van der Waals surface area contributed by atoms with Crippen LogP contribution in [0.2, 0.25) is 0 Å². The van der Waals surface area contributed by atoms with Crippen LogP contribution in [0.1, 0.15) is 61.6 Å². The van der Waals surface area contributed by atoms with Gasteiger partial charge in [-0.1, -0.05) is 18.6 Å². The first-order valence-electron chi connectivity index (χ1n) is 14.0. The summed E-state index contributed by atoms with van der Waals surface area (Å²) in [6.45, 7) is 2.50. The Kier molecular flexibility index (Phi) is 6.89. The largest absolute Gasteiger partial charge is 0.494 e. The number of aromatic nitrogens is 1. The first-order valence-corrected chi connectivity index (χ1v) is 14.0. The molecule has 0 radical (unpaired) electrons. The van der Waals surface area contributed by atoms with E-state index in [4.69, 9.17) is 9.47 Å². The molecule has 0 bridgehead atoms. The van der Waals surface area contributed by atoms with Gasteiger partial charge < -0.3 is 19.7 Å². The van der Waals surface area contributed by atoms with E-state index >= 15 is 0 Å². The normalized spacial score (nSPS) is 18.9. The quantitative estimate of drug-likeness (QED) is 0.280. The van der Waals surface area contributed by atoms with Crippen LogP contribution >= 0.6 is 0 Å². The second kappa shape index (κ2) is 10.6. The molecule has 1 unspecified atom stereocenters. The zero-order valence-corrected chi connectivity index (χ0v) is 22.5. The fourth-order valence-corrected chi connectivity index (χ4v) is 5.92. The van der Waals surface area contributed by atoms with Gasteiger partial charge in [-0.3, -0.25) is 9.88 Å². The SMILES string of the molecule is C[C@@H](OC(=O)Nc1ccc(C2=C(C#N)c3ccc(OCCn4c(O)ccc4O)cc3C2C2CCC2)cc1)C1CC1. The van der Waals surface area contributed by atoms with Crippen LogP contribution in [0.3, 0.4) is 0 Å². The summed E-state index contributed by atoms with van der Waals surface area (Å²) in [7, 11) is 0. The van der Waals surface area contributed by atoms with Gasteiger partial charge in [0.25, 0.3) is 0 Å². The monoisotopic (exact) mass is 539 g/mol. The molecule has 3 aromatic rings. The maximum absolute atomic E-state index is 12.3. The van der Waals surface area contributed by atoms with Gasteiger partial charge in [0.15, 0.2) is 11.8 Å². The molecule has 206 valence electrons. The number of nitrogens with zero attached hydrogens (tertiary/aromatic N) is 2. The zero-order chi connectivity index (χ0) is 27.8. The number of carbonyl (C=O) groups excluding carboxylic acids is 1. The molecule has 2 fully saturated rings. The molecule has 1 heterocycles. The predicted octanol–water partition coefficient (Wildman–Crippen LogP) is 6.66. The average molecular weight is 540 g/mol. The van der Waals surface area contributed by atoms with Crippen molar-refractivity contribution in [1.29, 1.82) is 5.26 Å². The van der Waals surface area contributed by atoms with Gasteiger partial charge in [0.05, 0.1) is 12.1 Å². The molecule has 3 aliphatic rings. The van der Waals surface area contributed by atoms with Crippen molar-refractivity contribution in [3.63, 3.8) is 0 Å². The Morgan fingerprint density at radius 3 is 2.42 bits per heavy atom. The number of aromatic hydroxyl groups is 2. The number of carbonyl (C=O) groups is 1. The Labute approximate surface area is 233 Å². The first-order chi connectivity index (χ1) is 19.4. The van der Waals surface area contributed by atoms with E-state index in [1.807, 2.05) is 49.4 Å². The minimum Gasteiger partial charge on any atom is -0.494 e. The molecule has 40 heavy (non-hydrogen) atoms. The molecule has 2 atom stereocenters. The number of fused-ring (bicyclic) bond motifs is 1. The van der Waals surface area contributed by atoms with Crippen molar-refractivity contribution in [1.82, 2.24) is 4.57 Å². The highest BCUT2D eigenvalue weighted by molar-refractivity contribution is 6.05. The maximum atomic E-state index is 12.3. The summed E-state index contributed by atoms with van der Waals surface area (Å²) in [5.41, 5.74) is 5.36. The van der Waals surface area contributed by atoms with E-state index in [1.165, 1.54) is 23.1 Å². The highest BCUT2D eigenvalue weighted by Crippen LogP contribution is 2.55. The molecule has 2 saturated carbocycles. The Bertz CT molecular complexity index is 1470. The van der Waals surface area contributed by atoms with Crippen molar-refractivity contribution in [2.75, 3.05) is 11.9 Å². The standard InChI is InChI=1S/C32H33N3O5/c1-19(20-5-6-20)40-32(38)34-23-9-7-22(8-10-23)31-27(18-33)25-12-11-24(17-26(25)30(31)21-3-2-4-21)39-16-15-35-28(36)13-14-29(35)37/h7-14,17,19-21,30,36-37H,2-6,15-16H2,1H3,(H,34,38)/t19-,30?/m1/s1. The summed E-state index contributed by atoms with van der Waals surface area (Å²) >= 11 is 0. The molecule has 0 aliphatic heterocycles. The Morgan fingerprint density at radius 2 is 1.80 bits per heavy atom. The fraction of sp³-hybridized carbons (Fsp3) is 0.375. The van der Waals surface area contributed by atoms with E-state index in [1.54, 1.807) is 0 Å². The molecule has 3 N–H and O–H groups in total. The molecule has 3 aliphatic carbocycles. The molecular formula is C32H33N3O5. The van der Waals surface area contributed by atoms with E-state index in [9.17, 15) is 20.3 Å². The second-order valence-corrected chi connectivity index (χ2v) is 11.0. The first kappa shape index (κ1) is 25.9. The number of amides is 1. The van der Waals surface area contributed by atoms with E-state index in [0.717, 1.165) is 47.9 Å². The number of anilines is 1. The molecule has 0 saturated heterocycles. The van der Waals surface area contributed by atoms with Crippen molar-refractivity contribution in [2.24, 2.45) is 11.8 Å². The second-order valence-electron chi connectivity index (χ2n) is 11.0. The lowest BCUT2D eigenvalue weighted by Crippen LogP contribution is -2.21. The lowest BCUT2D eigenvalue weighted by atomic mass is 9.70. The van der Waals surface area contributed by atoms with Crippen molar-refractivity contribution in [3.8, 4) is 23.6 Å². The van der Waals surface area contributed by atoms with E-state index in [0.29, 0.717) is 35.4 Å². The molecule has 1 aromatic heterocycles. The van der Waals surface area contributed by atoms with Gasteiger partial charge in [-0.2, -0.15) is 5.26 Å². The van der Waals surface area contributed by atoms with Gasteiger partial charge in [0.2, 0.25) is 0 Å². The Hall–Kier alpha value is -4.38. The Morgan fingerprint density at radius 1 is 1.07 bits per heavy atom. The van der Waals surface area contributed by atoms with E-state index in [-0.39, 0.29) is 30.4 Å². The summed E-state index contributed by atoms with van der Waals surface area (Å²) in [6.07, 6.45) is 5.09. The number of nitrogens with one attached hydrogen (secondary N) is 1. The third-order valence-corrected chi connectivity index (χ3v) is 8.48. The van der Waals surface area contributed by atoms with Gasteiger partial charge in [0.1, 0.15) is 24.5 Å². The van der Waals surface area contributed by atoms with Crippen molar-refractivity contribution in [3.05, 3.63) is 71.3 Å². The lowest BCUT2D eigenvalue weighted by Gasteiger charge is -2.34. The minimum atomic E-state index is -0.445. The maximum Gasteiger partial charge on any atom is 0.411 e. The molecule has 8 nitrogen and oxygen atoms in total. The predicted molar refractivity (Wildman–Crippen MR) is 151 cm³/mol. The average Bonchev–Trinajstić information content (AvgIpc) is 3.66. The summed E-state index contributed by atoms with van der Waals surface area (Å²) < 4.78 is 12.9. The Balaban J connectivity index is 1.21. The van der Waals surface area contributed by atoms with Crippen LogP contribution in [-0.2, 0) is 11.3 Å². The van der Waals surface area contributed by atoms with E-state index < -0.39 is 6.09 Å². The number of allylic oxidation sites excluding steroid dienone is 2. The molecule has 0 spiro atoms. The summed E-state index contributed by atoms with van der Waals surface area (Å²) in [4.78, 5) is 12.3. The highest BCUT2D eigenvalue weighted by atomic mass is 16.6. The van der Waals surface area contributed by atoms with Crippen molar-refractivity contribution in [2.45, 2.75) is 57.6 Å². The summed E-state index contributed by atoms with van der Waals surface area (Å²) in [6, 6.07) is 18.9. The highest BCUT2D eigenvalue weighted by Gasteiger charge is 2.40.